The highest BCUT2D eigenvalue weighted by Crippen LogP contribution is 2.26. The third-order valence-electron chi connectivity index (χ3n) is 2.86. The minimum atomic E-state index is 0.531. The minimum absolute atomic E-state index is 0.531. The molecular weight excluding hydrogens is 238 g/mol. The summed E-state index contributed by atoms with van der Waals surface area (Å²) in [5.74, 6) is 1.09. The first-order valence-corrected chi connectivity index (χ1v) is 5.99. The number of nitrogens with zero attached hydrogens (tertiary/aromatic N) is 2. The Balaban J connectivity index is 2.05. The van der Waals surface area contributed by atoms with Gasteiger partial charge in [0, 0.05) is 18.2 Å². The van der Waals surface area contributed by atoms with E-state index in [1.165, 1.54) is 0 Å². The van der Waals surface area contributed by atoms with Crippen LogP contribution in [0.3, 0.4) is 0 Å². The van der Waals surface area contributed by atoms with Crippen molar-refractivity contribution in [2.75, 3.05) is 5.73 Å². The largest absolute Gasteiger partial charge is 0.421 e. The third kappa shape index (κ3) is 2.33. The predicted octanol–water partition coefficient (Wildman–Crippen LogP) is 3.29. The van der Waals surface area contributed by atoms with Gasteiger partial charge in [-0.2, -0.15) is 0 Å². The lowest BCUT2D eigenvalue weighted by atomic mass is 10.0. The van der Waals surface area contributed by atoms with Crippen LogP contribution in [0, 0.1) is 6.92 Å². The molecule has 19 heavy (non-hydrogen) atoms. The van der Waals surface area contributed by atoms with Crippen molar-refractivity contribution in [2.24, 2.45) is 0 Å². The number of aryl methyl sites for hydroxylation is 1. The van der Waals surface area contributed by atoms with Crippen molar-refractivity contribution < 1.29 is 4.42 Å². The van der Waals surface area contributed by atoms with Crippen LogP contribution in [0.2, 0.25) is 0 Å². The highest BCUT2D eigenvalue weighted by atomic mass is 16.4. The van der Waals surface area contributed by atoms with E-state index in [0.29, 0.717) is 11.8 Å². The van der Waals surface area contributed by atoms with E-state index in [1.54, 1.807) is 6.92 Å². The lowest BCUT2D eigenvalue weighted by Gasteiger charge is -2.04. The van der Waals surface area contributed by atoms with E-state index in [4.69, 9.17) is 10.2 Å². The minimum Gasteiger partial charge on any atom is -0.421 e. The van der Waals surface area contributed by atoms with E-state index in [1.807, 2.05) is 48.5 Å². The number of hydrogen-bond donors (Lipinski definition) is 1. The van der Waals surface area contributed by atoms with Crippen LogP contribution in [-0.2, 0) is 0 Å². The maximum absolute atomic E-state index is 5.81. The van der Waals surface area contributed by atoms with Crippen LogP contribution in [0.5, 0.6) is 0 Å². The molecule has 0 unspecified atom stereocenters. The zero-order chi connectivity index (χ0) is 13.2. The Hall–Kier alpha value is -2.62. The van der Waals surface area contributed by atoms with Crippen LogP contribution in [0.25, 0.3) is 22.6 Å². The summed E-state index contributed by atoms with van der Waals surface area (Å²) < 4.78 is 5.44. The molecule has 2 N–H and O–H groups in total. The Morgan fingerprint density at radius 1 is 0.895 bits per heavy atom. The molecule has 0 spiro atoms. The van der Waals surface area contributed by atoms with Crippen molar-refractivity contribution in [3.63, 3.8) is 0 Å². The van der Waals surface area contributed by atoms with E-state index < -0.39 is 0 Å². The predicted molar refractivity (Wildman–Crippen MR) is 74.3 cm³/mol. The fourth-order valence-electron chi connectivity index (χ4n) is 1.96. The topological polar surface area (TPSA) is 64.9 Å². The second-order valence-corrected chi connectivity index (χ2v) is 4.33. The Labute approximate surface area is 110 Å². The summed E-state index contributed by atoms with van der Waals surface area (Å²) in [5, 5.41) is 7.87. The summed E-state index contributed by atoms with van der Waals surface area (Å²) in [7, 11) is 0. The standard InChI is InChI=1S/C15H13N3O/c1-10-17-18-15(19-10)13-6-2-4-11(8-13)12-5-3-7-14(16)9-12/h2-9H,16H2,1H3. The van der Waals surface area contributed by atoms with Crippen LogP contribution in [-0.4, -0.2) is 10.2 Å². The summed E-state index contributed by atoms with van der Waals surface area (Å²) >= 11 is 0. The van der Waals surface area contributed by atoms with Gasteiger partial charge in [0.2, 0.25) is 11.8 Å². The molecule has 0 aliphatic heterocycles. The van der Waals surface area contributed by atoms with Gasteiger partial charge in [0.25, 0.3) is 0 Å². The van der Waals surface area contributed by atoms with Crippen molar-refractivity contribution >= 4 is 5.69 Å². The van der Waals surface area contributed by atoms with E-state index >= 15 is 0 Å². The lowest BCUT2D eigenvalue weighted by Crippen LogP contribution is -1.86. The van der Waals surface area contributed by atoms with Gasteiger partial charge in [0.1, 0.15) is 0 Å². The zero-order valence-corrected chi connectivity index (χ0v) is 10.5. The Bertz CT molecular complexity index is 719. The van der Waals surface area contributed by atoms with Crippen LogP contribution in [0.4, 0.5) is 5.69 Å². The van der Waals surface area contributed by atoms with E-state index in [0.717, 1.165) is 22.4 Å². The summed E-state index contributed by atoms with van der Waals surface area (Å²) in [4.78, 5) is 0. The van der Waals surface area contributed by atoms with Crippen LogP contribution < -0.4 is 5.73 Å². The fourth-order valence-corrected chi connectivity index (χ4v) is 1.96. The molecule has 0 aliphatic carbocycles. The number of nitrogen functional groups attached to an aromatic ring is 1. The van der Waals surface area contributed by atoms with Gasteiger partial charge in [0.05, 0.1) is 0 Å². The molecule has 1 heterocycles. The molecule has 1 aromatic heterocycles. The van der Waals surface area contributed by atoms with Gasteiger partial charge >= 0.3 is 0 Å². The van der Waals surface area contributed by atoms with Gasteiger partial charge in [-0.05, 0) is 35.4 Å². The average molecular weight is 251 g/mol. The number of nitrogens with two attached hydrogens (primary N) is 1. The van der Waals surface area contributed by atoms with Gasteiger partial charge < -0.3 is 10.2 Å². The molecule has 0 saturated heterocycles. The Morgan fingerprint density at radius 3 is 2.26 bits per heavy atom. The molecule has 3 rings (SSSR count). The van der Waals surface area contributed by atoms with Crippen LogP contribution >= 0.6 is 0 Å². The molecule has 0 amide bonds. The van der Waals surface area contributed by atoms with Gasteiger partial charge in [-0.15, -0.1) is 10.2 Å². The number of rotatable bonds is 2. The maximum Gasteiger partial charge on any atom is 0.247 e. The number of aromatic nitrogens is 2. The number of benzene rings is 2. The molecule has 0 fully saturated rings. The fraction of sp³-hybridized carbons (Fsp3) is 0.0667. The maximum atomic E-state index is 5.81. The van der Waals surface area contributed by atoms with Crippen LogP contribution in [0.1, 0.15) is 5.89 Å². The monoisotopic (exact) mass is 251 g/mol. The van der Waals surface area contributed by atoms with E-state index in [-0.39, 0.29) is 0 Å². The van der Waals surface area contributed by atoms with Crippen LogP contribution in [0.15, 0.2) is 52.9 Å². The molecule has 94 valence electrons. The molecule has 0 radical (unpaired) electrons. The van der Waals surface area contributed by atoms with Gasteiger partial charge in [-0.3, -0.25) is 0 Å². The molecule has 4 heteroatoms. The highest BCUT2D eigenvalue weighted by molar-refractivity contribution is 5.71. The molecule has 0 bridgehead atoms. The first-order chi connectivity index (χ1) is 9.22. The highest BCUT2D eigenvalue weighted by Gasteiger charge is 2.07. The summed E-state index contributed by atoms with van der Waals surface area (Å²) in [6, 6.07) is 15.7. The molecule has 0 aliphatic rings. The SMILES string of the molecule is Cc1nnc(-c2cccc(-c3cccc(N)c3)c2)o1. The lowest BCUT2D eigenvalue weighted by molar-refractivity contribution is 0.533. The van der Waals surface area contributed by atoms with Gasteiger partial charge in [-0.25, -0.2) is 0 Å². The third-order valence-corrected chi connectivity index (χ3v) is 2.86. The van der Waals surface area contributed by atoms with E-state index in [9.17, 15) is 0 Å². The van der Waals surface area contributed by atoms with Crippen molar-refractivity contribution in [2.45, 2.75) is 6.92 Å². The first-order valence-electron chi connectivity index (χ1n) is 5.99. The zero-order valence-electron chi connectivity index (χ0n) is 10.5. The molecular formula is C15H13N3O. The van der Waals surface area contributed by atoms with Gasteiger partial charge in [-0.1, -0.05) is 24.3 Å². The second kappa shape index (κ2) is 4.57. The quantitative estimate of drug-likeness (QED) is 0.710. The Kier molecular flexibility index (Phi) is 2.76. The van der Waals surface area contributed by atoms with Crippen molar-refractivity contribution in [3.8, 4) is 22.6 Å². The normalized spacial score (nSPS) is 10.6. The molecule has 4 nitrogen and oxygen atoms in total. The Morgan fingerprint density at radius 2 is 1.58 bits per heavy atom. The van der Waals surface area contributed by atoms with Crippen molar-refractivity contribution in [3.05, 3.63) is 54.4 Å². The molecule has 0 atom stereocenters. The first kappa shape index (κ1) is 11.5. The summed E-state index contributed by atoms with van der Waals surface area (Å²) in [5.41, 5.74) is 9.60. The summed E-state index contributed by atoms with van der Waals surface area (Å²) in [6.45, 7) is 1.78. The molecule has 2 aromatic carbocycles. The molecule has 0 saturated carbocycles. The smallest absolute Gasteiger partial charge is 0.247 e. The van der Waals surface area contributed by atoms with Crippen molar-refractivity contribution in [1.29, 1.82) is 0 Å². The van der Waals surface area contributed by atoms with Gasteiger partial charge in [0.15, 0.2) is 0 Å². The summed E-state index contributed by atoms with van der Waals surface area (Å²) in [6.07, 6.45) is 0. The van der Waals surface area contributed by atoms with E-state index in [2.05, 4.69) is 10.2 Å². The second-order valence-electron chi connectivity index (χ2n) is 4.33. The average Bonchev–Trinajstić information content (AvgIpc) is 2.86. The number of hydrogen-bond acceptors (Lipinski definition) is 4. The molecule has 3 aromatic rings. The number of anilines is 1. The van der Waals surface area contributed by atoms with Crippen molar-refractivity contribution in [1.82, 2.24) is 10.2 Å².